The van der Waals surface area contributed by atoms with Gasteiger partial charge in [-0.15, -0.1) is 0 Å². The van der Waals surface area contributed by atoms with Crippen LogP contribution >= 0.6 is 0 Å². The molecule has 0 saturated heterocycles. The van der Waals surface area contributed by atoms with Gasteiger partial charge in [0.05, 0.1) is 20.0 Å². The van der Waals surface area contributed by atoms with Crippen molar-refractivity contribution in [3.8, 4) is 5.75 Å². The van der Waals surface area contributed by atoms with Gasteiger partial charge in [0.15, 0.2) is 17.9 Å². The Kier molecular flexibility index (Phi) is 6.19. The third-order valence-corrected chi connectivity index (χ3v) is 3.63. The van der Waals surface area contributed by atoms with Crippen LogP contribution in [0.5, 0.6) is 5.75 Å². The average molecular weight is 347 g/mol. The minimum atomic E-state index is -1.66. The number of aryl methyl sites for hydroxylation is 1. The average Bonchev–Trinajstić information content (AvgIpc) is 3.14. The minimum absolute atomic E-state index is 0.0324. The third-order valence-electron chi connectivity index (χ3n) is 3.63. The molecule has 25 heavy (non-hydrogen) atoms. The van der Waals surface area contributed by atoms with Crippen molar-refractivity contribution < 1.29 is 28.6 Å². The number of nitrogens with one attached hydrogen (secondary N) is 1. The summed E-state index contributed by atoms with van der Waals surface area (Å²) in [5.74, 6) is -0.815. The summed E-state index contributed by atoms with van der Waals surface area (Å²) in [6.45, 7) is 3.59. The van der Waals surface area contributed by atoms with Crippen LogP contribution in [-0.4, -0.2) is 42.7 Å². The molecular weight excluding hydrogens is 326 g/mol. The molecule has 7 nitrogen and oxygen atoms in total. The molecule has 0 bridgehead atoms. The van der Waals surface area contributed by atoms with Crippen LogP contribution in [0.1, 0.15) is 23.0 Å². The van der Waals surface area contributed by atoms with Crippen molar-refractivity contribution in [1.29, 1.82) is 0 Å². The van der Waals surface area contributed by atoms with E-state index in [9.17, 15) is 14.7 Å². The highest BCUT2D eigenvalue weighted by molar-refractivity contribution is 6.01. The van der Waals surface area contributed by atoms with Crippen LogP contribution in [0.4, 0.5) is 5.69 Å². The molecule has 2 rings (SSSR count). The Morgan fingerprint density at radius 3 is 2.64 bits per heavy atom. The number of Topliss-reactive ketones (excluding diaryl/α,β-unsaturated/α-hetero) is 1. The Morgan fingerprint density at radius 2 is 2.08 bits per heavy atom. The summed E-state index contributed by atoms with van der Waals surface area (Å²) in [6, 6.07) is 6.85. The first-order valence-corrected chi connectivity index (χ1v) is 7.81. The largest absolute Gasteiger partial charge is 0.497 e. The summed E-state index contributed by atoms with van der Waals surface area (Å²) in [5.41, 5.74) is 1.36. The summed E-state index contributed by atoms with van der Waals surface area (Å²) in [4.78, 5) is 24.6. The van der Waals surface area contributed by atoms with E-state index in [4.69, 9.17) is 13.9 Å². The van der Waals surface area contributed by atoms with Crippen LogP contribution in [0.15, 0.2) is 41.0 Å². The normalized spacial score (nSPS) is 13.0. The number of benzene rings is 1. The fourth-order valence-electron chi connectivity index (χ4n) is 2.31. The predicted molar refractivity (Wildman–Crippen MR) is 90.8 cm³/mol. The second kappa shape index (κ2) is 8.34. The van der Waals surface area contributed by atoms with Crippen LogP contribution in [0.3, 0.4) is 0 Å². The number of esters is 1. The number of aliphatic hydroxyl groups is 1. The molecule has 0 aliphatic carbocycles. The van der Waals surface area contributed by atoms with Crippen molar-refractivity contribution in [2.24, 2.45) is 0 Å². The van der Waals surface area contributed by atoms with Gasteiger partial charge in [-0.3, -0.25) is 4.79 Å². The van der Waals surface area contributed by atoms with E-state index in [0.717, 1.165) is 5.56 Å². The number of ketones is 1. The zero-order valence-electron chi connectivity index (χ0n) is 14.3. The van der Waals surface area contributed by atoms with Gasteiger partial charge in [0.25, 0.3) is 0 Å². The number of methoxy groups -OCH3 is 1. The smallest absolute Gasteiger partial charge is 0.331 e. The van der Waals surface area contributed by atoms with Crippen molar-refractivity contribution in [2.75, 3.05) is 19.0 Å². The molecular formula is C18H21NO6. The lowest BCUT2D eigenvalue weighted by Gasteiger charge is -2.23. The molecule has 0 amide bonds. The number of anilines is 1. The zero-order chi connectivity index (χ0) is 18.4. The highest BCUT2D eigenvalue weighted by Gasteiger charge is 2.35. The summed E-state index contributed by atoms with van der Waals surface area (Å²) in [7, 11) is 1.55. The number of carbonyl (C=O) groups is 2. The first-order chi connectivity index (χ1) is 12.0. The van der Waals surface area contributed by atoms with Crippen molar-refractivity contribution in [1.82, 2.24) is 0 Å². The molecule has 2 N–H and O–H groups in total. The van der Waals surface area contributed by atoms with Crippen LogP contribution in [0.2, 0.25) is 0 Å². The maximum atomic E-state index is 12.3. The van der Waals surface area contributed by atoms with Crippen LogP contribution in [0.25, 0.3) is 0 Å². The topological polar surface area (TPSA) is 98.0 Å². The van der Waals surface area contributed by atoms with Gasteiger partial charge in [-0.2, -0.15) is 0 Å². The van der Waals surface area contributed by atoms with Gasteiger partial charge in [0.2, 0.25) is 5.78 Å². The number of aliphatic hydroxyl groups excluding tert-OH is 1. The Labute approximate surface area is 145 Å². The molecule has 0 saturated carbocycles. The minimum Gasteiger partial charge on any atom is -0.497 e. The van der Waals surface area contributed by atoms with Gasteiger partial charge in [-0.05, 0) is 49.7 Å². The molecule has 1 aromatic heterocycles. The Balaban J connectivity index is 2.26. The van der Waals surface area contributed by atoms with E-state index >= 15 is 0 Å². The first-order valence-electron chi connectivity index (χ1n) is 7.81. The fourth-order valence-corrected chi connectivity index (χ4v) is 2.31. The maximum absolute atomic E-state index is 12.3. The highest BCUT2D eigenvalue weighted by atomic mass is 16.5. The first kappa shape index (κ1) is 18.5. The predicted octanol–water partition coefficient (Wildman–Crippen LogP) is 2.18. The summed E-state index contributed by atoms with van der Waals surface area (Å²) >= 11 is 0. The van der Waals surface area contributed by atoms with Crippen molar-refractivity contribution in [3.05, 3.63) is 47.9 Å². The standard InChI is InChI=1S/C18H21NO6/c1-4-24-18(22)15(17(21)16(20)14-6-5-9-25-14)19-13-8-7-12(23-3)10-11(13)2/h5-10,15,17,19,21H,4H2,1-3H3/t15-,17-/m1/s1. The molecule has 2 atom stereocenters. The van der Waals surface area contributed by atoms with Gasteiger partial charge in [-0.1, -0.05) is 0 Å². The molecule has 0 fully saturated rings. The fraction of sp³-hybridized carbons (Fsp3) is 0.333. The zero-order valence-corrected chi connectivity index (χ0v) is 14.3. The Morgan fingerprint density at radius 1 is 1.32 bits per heavy atom. The van der Waals surface area contributed by atoms with Crippen molar-refractivity contribution in [3.63, 3.8) is 0 Å². The highest BCUT2D eigenvalue weighted by Crippen LogP contribution is 2.23. The van der Waals surface area contributed by atoms with Crippen LogP contribution in [0, 0.1) is 6.92 Å². The lowest BCUT2D eigenvalue weighted by Crippen LogP contribution is -2.46. The second-order valence-corrected chi connectivity index (χ2v) is 5.34. The lowest BCUT2D eigenvalue weighted by molar-refractivity contribution is -0.145. The summed E-state index contributed by atoms with van der Waals surface area (Å²) in [6.07, 6.45) is -0.341. The number of carbonyl (C=O) groups excluding carboxylic acids is 2. The number of rotatable bonds is 8. The lowest BCUT2D eigenvalue weighted by atomic mass is 10.0. The van der Waals surface area contributed by atoms with Gasteiger partial charge >= 0.3 is 5.97 Å². The summed E-state index contributed by atoms with van der Waals surface area (Å²) in [5, 5.41) is 13.3. The van der Waals surface area contributed by atoms with E-state index in [1.165, 1.54) is 18.4 Å². The van der Waals surface area contributed by atoms with E-state index in [1.54, 1.807) is 32.2 Å². The van der Waals surface area contributed by atoms with Crippen LogP contribution < -0.4 is 10.1 Å². The van der Waals surface area contributed by atoms with E-state index < -0.39 is 23.9 Å². The SMILES string of the molecule is CCOC(=O)[C@H](Nc1ccc(OC)cc1C)[C@@H](O)C(=O)c1ccco1. The van der Waals surface area contributed by atoms with Crippen molar-refractivity contribution in [2.45, 2.75) is 26.0 Å². The quantitative estimate of drug-likeness (QED) is 0.558. The van der Waals surface area contributed by atoms with E-state index in [0.29, 0.717) is 11.4 Å². The number of ether oxygens (including phenoxy) is 2. The number of hydrogen-bond acceptors (Lipinski definition) is 7. The molecule has 0 radical (unpaired) electrons. The Hall–Kier alpha value is -2.80. The number of hydrogen-bond donors (Lipinski definition) is 2. The monoisotopic (exact) mass is 347 g/mol. The van der Waals surface area contributed by atoms with Gasteiger partial charge in [0.1, 0.15) is 5.75 Å². The molecule has 2 aromatic rings. The molecule has 1 heterocycles. The number of furan rings is 1. The van der Waals surface area contributed by atoms with Gasteiger partial charge < -0.3 is 24.3 Å². The second-order valence-electron chi connectivity index (χ2n) is 5.34. The molecule has 0 aliphatic rings. The molecule has 134 valence electrons. The summed E-state index contributed by atoms with van der Waals surface area (Å²) < 4.78 is 15.1. The maximum Gasteiger partial charge on any atom is 0.331 e. The van der Waals surface area contributed by atoms with E-state index in [-0.39, 0.29) is 12.4 Å². The molecule has 0 unspecified atom stereocenters. The van der Waals surface area contributed by atoms with E-state index in [2.05, 4.69) is 5.32 Å². The Bertz CT molecular complexity index is 725. The molecule has 0 spiro atoms. The molecule has 1 aromatic carbocycles. The third kappa shape index (κ3) is 4.39. The van der Waals surface area contributed by atoms with Gasteiger partial charge in [-0.25, -0.2) is 4.79 Å². The van der Waals surface area contributed by atoms with Crippen LogP contribution in [-0.2, 0) is 9.53 Å². The van der Waals surface area contributed by atoms with Crippen molar-refractivity contribution >= 4 is 17.4 Å². The van der Waals surface area contributed by atoms with Gasteiger partial charge in [0, 0.05) is 5.69 Å². The molecule has 0 aliphatic heterocycles. The van der Waals surface area contributed by atoms with E-state index in [1.807, 2.05) is 6.92 Å². The molecule has 7 heteroatoms.